The second-order valence-corrected chi connectivity index (χ2v) is 30.2. The number of rotatable bonds is 77. The largest absolute Gasteiger partial charge is 0.472 e. The zero-order valence-electron chi connectivity index (χ0n) is 66.6. The molecule has 0 heterocycles. The number of hydrogen-bond acceptors (Lipinski definition) is 15. The first-order valence-corrected chi connectivity index (χ1v) is 44.4. The highest BCUT2D eigenvalue weighted by atomic mass is 31.2. The molecule has 0 aromatic rings. The molecule has 5 unspecified atom stereocenters. The molecule has 0 aliphatic heterocycles. The Balaban J connectivity index is 5.41. The summed E-state index contributed by atoms with van der Waals surface area (Å²) in [5.74, 6) is -2.23. The van der Waals surface area contributed by atoms with Crippen molar-refractivity contribution in [3.05, 3.63) is 134 Å². The predicted molar refractivity (Wildman–Crippen MR) is 436 cm³/mol. The summed E-state index contributed by atoms with van der Waals surface area (Å²) in [5.41, 5.74) is 0. The number of allylic oxidation sites excluding steroid dienone is 22. The van der Waals surface area contributed by atoms with Crippen molar-refractivity contribution in [2.75, 3.05) is 39.6 Å². The van der Waals surface area contributed by atoms with Gasteiger partial charge in [-0.3, -0.25) is 37.3 Å². The minimum Gasteiger partial charge on any atom is -0.462 e. The highest BCUT2D eigenvalue weighted by molar-refractivity contribution is 7.47. The molecule has 0 fully saturated rings. The molecule has 0 aliphatic carbocycles. The number of unbranched alkanes of at least 4 members (excludes halogenated alkanes) is 29. The molecule has 0 saturated carbocycles. The third-order valence-corrected chi connectivity index (χ3v) is 19.0. The van der Waals surface area contributed by atoms with Gasteiger partial charge in [-0.05, 0) is 141 Å². The van der Waals surface area contributed by atoms with Crippen molar-refractivity contribution < 1.29 is 80.2 Å². The monoisotopic (exact) mass is 1530 g/mol. The molecule has 0 amide bonds. The SMILES string of the molecule is CC/C=C\C/C=C\C/C=C\C/C=C\CCCCCCC(=O)OCC(COP(=O)(O)OCC(O)COP(=O)(O)OCC(COC(=O)CCCCCCCC/C=C\C/C=C\C/C=C\CCCCC)OC(=O)CCCCCC/C=C\C/C=C\C/C=C\C/C=C\CC)OC(=O)CCCCCCCCCCCCCCC. The Labute approximate surface area is 644 Å². The zero-order valence-corrected chi connectivity index (χ0v) is 68.4. The van der Waals surface area contributed by atoms with Crippen molar-refractivity contribution in [2.24, 2.45) is 0 Å². The lowest BCUT2D eigenvalue weighted by atomic mass is 10.0. The molecule has 3 N–H and O–H groups in total. The highest BCUT2D eigenvalue weighted by Crippen LogP contribution is 2.45. The topological polar surface area (TPSA) is 237 Å². The molecule has 0 bridgehead atoms. The Kier molecular flexibility index (Phi) is 74.8. The fourth-order valence-corrected chi connectivity index (χ4v) is 12.4. The van der Waals surface area contributed by atoms with Gasteiger partial charge >= 0.3 is 39.5 Å². The van der Waals surface area contributed by atoms with Crippen LogP contribution in [0.5, 0.6) is 0 Å². The van der Waals surface area contributed by atoms with Crippen molar-refractivity contribution in [2.45, 2.75) is 354 Å². The first-order valence-electron chi connectivity index (χ1n) is 41.4. The number of hydrogen-bond donors (Lipinski definition) is 3. The van der Waals surface area contributed by atoms with Gasteiger partial charge in [-0.25, -0.2) is 9.13 Å². The molecule has 17 nitrogen and oxygen atoms in total. The lowest BCUT2D eigenvalue weighted by Gasteiger charge is -2.21. The Hall–Kier alpha value is -4.80. The molecule has 608 valence electrons. The third-order valence-electron chi connectivity index (χ3n) is 17.1. The lowest BCUT2D eigenvalue weighted by molar-refractivity contribution is -0.161. The minimum atomic E-state index is -4.99. The number of aliphatic hydroxyl groups excluding tert-OH is 1. The van der Waals surface area contributed by atoms with Gasteiger partial charge in [-0.15, -0.1) is 0 Å². The molecular weight excluding hydrogens is 1380 g/mol. The summed E-state index contributed by atoms with van der Waals surface area (Å²) in [6.07, 6.45) is 88.4. The van der Waals surface area contributed by atoms with Crippen LogP contribution in [0.2, 0.25) is 0 Å². The molecule has 0 radical (unpaired) electrons. The van der Waals surface area contributed by atoms with E-state index in [2.05, 4.69) is 161 Å². The van der Waals surface area contributed by atoms with Crippen molar-refractivity contribution in [3.8, 4) is 0 Å². The van der Waals surface area contributed by atoms with Crippen LogP contribution in [-0.2, 0) is 65.4 Å². The van der Waals surface area contributed by atoms with E-state index in [0.717, 1.165) is 186 Å². The molecule has 0 aliphatic rings. The van der Waals surface area contributed by atoms with Crippen LogP contribution in [0, 0.1) is 0 Å². The number of carbonyl (C=O) groups is 4. The van der Waals surface area contributed by atoms with Crippen LogP contribution in [-0.4, -0.2) is 96.7 Å². The minimum absolute atomic E-state index is 0.0609. The average Bonchev–Trinajstić information content (AvgIpc) is 0.937. The molecule has 5 atom stereocenters. The van der Waals surface area contributed by atoms with E-state index < -0.39 is 97.5 Å². The van der Waals surface area contributed by atoms with Crippen molar-refractivity contribution in [3.63, 3.8) is 0 Å². The predicted octanol–water partition coefficient (Wildman–Crippen LogP) is 24.4. The molecule has 0 saturated heterocycles. The maximum absolute atomic E-state index is 13.1. The molecule has 106 heavy (non-hydrogen) atoms. The van der Waals surface area contributed by atoms with Gasteiger partial charge in [-0.1, -0.05) is 303 Å². The quantitative estimate of drug-likeness (QED) is 0.0169. The highest BCUT2D eigenvalue weighted by Gasteiger charge is 2.30. The van der Waals surface area contributed by atoms with Gasteiger partial charge in [0.2, 0.25) is 0 Å². The van der Waals surface area contributed by atoms with Crippen LogP contribution < -0.4 is 0 Å². The van der Waals surface area contributed by atoms with E-state index >= 15 is 0 Å². The normalized spacial score (nSPS) is 14.5. The summed E-state index contributed by atoms with van der Waals surface area (Å²) < 4.78 is 68.7. The first kappa shape index (κ1) is 101. The molecule has 0 spiro atoms. The van der Waals surface area contributed by atoms with Gasteiger partial charge in [0.25, 0.3) is 0 Å². The van der Waals surface area contributed by atoms with Crippen LogP contribution in [0.4, 0.5) is 0 Å². The van der Waals surface area contributed by atoms with Crippen LogP contribution in [0.3, 0.4) is 0 Å². The van der Waals surface area contributed by atoms with Gasteiger partial charge < -0.3 is 33.8 Å². The van der Waals surface area contributed by atoms with Gasteiger partial charge in [0.05, 0.1) is 26.4 Å². The number of carbonyl (C=O) groups excluding carboxylic acids is 4. The molecule has 0 rings (SSSR count). The zero-order chi connectivity index (χ0) is 77.4. The van der Waals surface area contributed by atoms with Gasteiger partial charge in [0, 0.05) is 25.7 Å². The summed E-state index contributed by atoms with van der Waals surface area (Å²) in [5, 5.41) is 10.7. The lowest BCUT2D eigenvalue weighted by Crippen LogP contribution is -2.30. The van der Waals surface area contributed by atoms with Crippen molar-refractivity contribution in [1.29, 1.82) is 0 Å². The van der Waals surface area contributed by atoms with Gasteiger partial charge in [-0.2, -0.15) is 0 Å². The molecule has 19 heteroatoms. The van der Waals surface area contributed by atoms with Crippen LogP contribution >= 0.6 is 15.6 Å². The number of esters is 4. The van der Waals surface area contributed by atoms with Gasteiger partial charge in [0.1, 0.15) is 19.3 Å². The second kappa shape index (κ2) is 78.3. The van der Waals surface area contributed by atoms with Crippen LogP contribution in [0.25, 0.3) is 0 Å². The third kappa shape index (κ3) is 77.4. The van der Waals surface area contributed by atoms with E-state index in [1.165, 1.54) is 70.6 Å². The fraction of sp³-hybridized carbons (Fsp3) is 0.701. The van der Waals surface area contributed by atoms with E-state index in [9.17, 15) is 43.2 Å². The maximum atomic E-state index is 13.1. The first-order chi connectivity index (χ1) is 51.7. The number of phosphoric ester groups is 2. The second-order valence-electron chi connectivity index (χ2n) is 27.3. The Bertz CT molecular complexity index is 2530. The number of aliphatic hydroxyl groups is 1. The van der Waals surface area contributed by atoms with E-state index in [0.29, 0.717) is 25.7 Å². The summed E-state index contributed by atoms with van der Waals surface area (Å²) in [6.45, 7) is 4.58. The van der Waals surface area contributed by atoms with Gasteiger partial charge in [0.15, 0.2) is 12.2 Å². The smallest absolute Gasteiger partial charge is 0.462 e. The van der Waals surface area contributed by atoms with Crippen molar-refractivity contribution in [1.82, 2.24) is 0 Å². The summed E-state index contributed by atoms with van der Waals surface area (Å²) >= 11 is 0. The molecule has 0 aromatic heterocycles. The fourth-order valence-electron chi connectivity index (χ4n) is 10.9. The van der Waals surface area contributed by atoms with E-state index in [-0.39, 0.29) is 25.7 Å². The standard InChI is InChI=1S/C87H148O17P2/c1-5-9-13-17-21-25-29-33-36-39-40-43-45-49-52-56-60-64-68-72-85(90)98-78-83(104-87(92)74-70-66-62-58-54-50-46-42-38-35-31-27-23-19-15-11-7-3)80-102-106(95,96)100-76-81(88)75-99-105(93,94)101-79-82(103-86(91)73-69-65-61-57-53-47-32-28-24-20-16-12-8-4)77-97-84(89)71-67-63-59-55-51-48-44-41-37-34-30-26-22-18-14-10-6-2/h10-11,14-15,21-23,25-27,33-38,40,43-44,46,48,50,81-83,88H,5-9,12-13,16-20,24,28-32,39,41-42,45,47,49,51-80H2,1-4H3,(H,93,94)(H,95,96)/b14-10-,15-11-,25-21-,26-22-,27-23-,36-33-,37-34-,38-35-,43-40-,48-44-,50-46-. The maximum Gasteiger partial charge on any atom is 0.472 e. The molecule has 0 aromatic carbocycles. The average molecular weight is 1530 g/mol. The number of phosphoric acid groups is 2. The van der Waals surface area contributed by atoms with Crippen molar-refractivity contribution >= 4 is 39.5 Å². The van der Waals surface area contributed by atoms with E-state index in [1.54, 1.807) is 0 Å². The van der Waals surface area contributed by atoms with Crippen LogP contribution in [0.15, 0.2) is 134 Å². The Morgan fingerprint density at radius 2 is 0.491 bits per heavy atom. The Morgan fingerprint density at radius 3 is 0.774 bits per heavy atom. The summed E-state index contributed by atoms with van der Waals surface area (Å²) in [4.78, 5) is 73.1. The summed E-state index contributed by atoms with van der Waals surface area (Å²) in [6, 6.07) is 0. The van der Waals surface area contributed by atoms with E-state index in [1.807, 2.05) is 0 Å². The van der Waals surface area contributed by atoms with Crippen LogP contribution in [0.1, 0.15) is 336 Å². The number of ether oxygens (including phenoxy) is 4. The summed E-state index contributed by atoms with van der Waals surface area (Å²) in [7, 11) is -9.98. The molecular formula is C87H148O17P2. The van der Waals surface area contributed by atoms with E-state index in [4.69, 9.17) is 37.0 Å². The Morgan fingerprint density at radius 1 is 0.274 bits per heavy atom.